The van der Waals surface area contributed by atoms with E-state index in [-0.39, 0.29) is 13.1 Å². The number of amides is 3. The van der Waals surface area contributed by atoms with E-state index in [2.05, 4.69) is 10.6 Å². The van der Waals surface area contributed by atoms with Gasteiger partial charge in [0.25, 0.3) is 0 Å². The van der Waals surface area contributed by atoms with E-state index in [9.17, 15) is 18.0 Å². The third kappa shape index (κ3) is 6.00. The summed E-state index contributed by atoms with van der Waals surface area (Å²) in [5.74, 6) is -0.453. The molecular formula is C22H26N4O4S. The molecule has 0 aliphatic carbocycles. The molecule has 2 aromatic rings. The molecule has 3 rings (SSSR count). The Hall–Kier alpha value is -3.01. The molecule has 0 aromatic heterocycles. The zero-order chi connectivity index (χ0) is 22.3. The molecule has 1 aliphatic heterocycles. The van der Waals surface area contributed by atoms with Crippen molar-refractivity contribution in [2.45, 2.75) is 6.04 Å². The van der Waals surface area contributed by atoms with Gasteiger partial charge in [-0.05, 0) is 17.2 Å². The minimum atomic E-state index is -3.58. The highest BCUT2D eigenvalue weighted by atomic mass is 32.2. The first-order valence-corrected chi connectivity index (χ1v) is 11.5. The molecule has 1 unspecified atom stereocenters. The summed E-state index contributed by atoms with van der Waals surface area (Å²) >= 11 is 0. The maximum absolute atomic E-state index is 12.8. The van der Waals surface area contributed by atoms with E-state index in [4.69, 9.17) is 0 Å². The number of carbonyl (C=O) groups is 2. The van der Waals surface area contributed by atoms with E-state index < -0.39 is 28.0 Å². The quantitative estimate of drug-likeness (QED) is 0.711. The van der Waals surface area contributed by atoms with Gasteiger partial charge in [0.2, 0.25) is 15.9 Å². The number of nitrogens with one attached hydrogen (secondary N) is 2. The van der Waals surface area contributed by atoms with Crippen molar-refractivity contribution in [2.75, 3.05) is 33.2 Å². The molecule has 31 heavy (non-hydrogen) atoms. The van der Waals surface area contributed by atoms with Crippen molar-refractivity contribution in [3.8, 4) is 0 Å². The molecule has 0 saturated carbocycles. The van der Waals surface area contributed by atoms with Gasteiger partial charge in [-0.2, -0.15) is 4.31 Å². The Morgan fingerprint density at radius 1 is 0.935 bits per heavy atom. The predicted octanol–water partition coefficient (Wildman–Crippen LogP) is 1.80. The lowest BCUT2D eigenvalue weighted by atomic mass is 10.0. The molecule has 0 spiro atoms. The zero-order valence-electron chi connectivity index (χ0n) is 17.3. The molecule has 1 atom stereocenters. The lowest BCUT2D eigenvalue weighted by Gasteiger charge is -2.37. The van der Waals surface area contributed by atoms with E-state index in [0.29, 0.717) is 13.1 Å². The summed E-state index contributed by atoms with van der Waals surface area (Å²) in [6.07, 6.45) is 1.57. The van der Waals surface area contributed by atoms with Gasteiger partial charge in [0.1, 0.15) is 6.04 Å². The molecule has 0 bridgehead atoms. The topological polar surface area (TPSA) is 98.8 Å². The van der Waals surface area contributed by atoms with Crippen LogP contribution in [0.2, 0.25) is 0 Å². The maximum atomic E-state index is 12.8. The first-order valence-electron chi connectivity index (χ1n) is 9.95. The Labute approximate surface area is 182 Å². The van der Waals surface area contributed by atoms with Gasteiger partial charge in [0.05, 0.1) is 0 Å². The number of sulfonamides is 1. The second-order valence-electron chi connectivity index (χ2n) is 7.07. The van der Waals surface area contributed by atoms with Crippen molar-refractivity contribution in [3.63, 3.8) is 0 Å². The molecule has 2 N–H and O–H groups in total. The van der Waals surface area contributed by atoms with Crippen molar-refractivity contribution < 1.29 is 18.0 Å². The van der Waals surface area contributed by atoms with Gasteiger partial charge in [0.15, 0.2) is 0 Å². The zero-order valence-corrected chi connectivity index (χ0v) is 18.1. The number of imide groups is 1. The summed E-state index contributed by atoms with van der Waals surface area (Å²) < 4.78 is 26.8. The summed E-state index contributed by atoms with van der Waals surface area (Å²) in [4.78, 5) is 26.3. The van der Waals surface area contributed by atoms with Gasteiger partial charge in [-0.25, -0.2) is 13.2 Å². The van der Waals surface area contributed by atoms with Crippen molar-refractivity contribution in [2.24, 2.45) is 0 Å². The Bertz CT molecular complexity index is 1020. The standard InChI is InChI=1S/C22H26N4O4S/c1-23-22(28)24-21(27)20(19-10-6-3-7-11-19)25-13-15-26(16-14-25)31(29,30)17-12-18-8-4-2-5-9-18/h2-12,17,20H,13-16H2,1H3,(H2,23,24,27,28)/b17-12+. The van der Waals surface area contributed by atoms with Crippen molar-refractivity contribution in [1.82, 2.24) is 19.8 Å². The minimum absolute atomic E-state index is 0.248. The minimum Gasteiger partial charge on any atom is -0.341 e. The van der Waals surface area contributed by atoms with Gasteiger partial charge >= 0.3 is 6.03 Å². The predicted molar refractivity (Wildman–Crippen MR) is 119 cm³/mol. The van der Waals surface area contributed by atoms with Crippen LogP contribution in [0.5, 0.6) is 0 Å². The fraction of sp³-hybridized carbons (Fsp3) is 0.273. The van der Waals surface area contributed by atoms with Gasteiger partial charge in [0, 0.05) is 38.6 Å². The highest BCUT2D eigenvalue weighted by Gasteiger charge is 2.33. The van der Waals surface area contributed by atoms with Gasteiger partial charge in [-0.1, -0.05) is 60.7 Å². The molecule has 164 valence electrons. The molecule has 8 nitrogen and oxygen atoms in total. The second kappa shape index (κ2) is 10.3. The summed E-state index contributed by atoms with van der Waals surface area (Å²) in [5, 5.41) is 5.92. The van der Waals surface area contributed by atoms with Crippen LogP contribution in [0.4, 0.5) is 4.79 Å². The number of rotatable bonds is 6. The number of nitrogens with zero attached hydrogens (tertiary/aromatic N) is 2. The van der Waals surface area contributed by atoms with E-state index >= 15 is 0 Å². The number of hydrogen-bond donors (Lipinski definition) is 2. The van der Waals surface area contributed by atoms with Gasteiger partial charge in [-0.15, -0.1) is 0 Å². The summed E-state index contributed by atoms with van der Waals surface area (Å²) in [7, 11) is -2.14. The number of urea groups is 1. The third-order valence-corrected chi connectivity index (χ3v) is 6.62. The number of piperazine rings is 1. The third-order valence-electron chi connectivity index (χ3n) is 5.06. The van der Waals surface area contributed by atoms with Crippen LogP contribution >= 0.6 is 0 Å². The molecule has 0 radical (unpaired) electrons. The van der Waals surface area contributed by atoms with Crippen molar-refractivity contribution in [3.05, 3.63) is 77.2 Å². The molecule has 2 aromatic carbocycles. The molecular weight excluding hydrogens is 416 g/mol. The van der Waals surface area contributed by atoms with Crippen LogP contribution in [0.1, 0.15) is 17.2 Å². The molecule has 1 heterocycles. The first-order chi connectivity index (χ1) is 14.9. The molecule has 1 aliphatic rings. The van der Waals surface area contributed by atoms with Crippen LogP contribution < -0.4 is 10.6 Å². The van der Waals surface area contributed by atoms with Crippen LogP contribution in [0.3, 0.4) is 0 Å². The second-order valence-corrected chi connectivity index (χ2v) is 8.89. The van der Waals surface area contributed by atoms with E-state index in [0.717, 1.165) is 11.1 Å². The van der Waals surface area contributed by atoms with Crippen molar-refractivity contribution in [1.29, 1.82) is 0 Å². The number of carbonyl (C=O) groups excluding carboxylic acids is 2. The first kappa shape index (κ1) is 22.7. The summed E-state index contributed by atoms with van der Waals surface area (Å²) in [6, 6.07) is 17.1. The SMILES string of the molecule is CNC(=O)NC(=O)C(c1ccccc1)N1CCN(S(=O)(=O)/C=C/c2ccccc2)CC1. The Morgan fingerprint density at radius 3 is 2.10 bits per heavy atom. The molecule has 9 heteroatoms. The Balaban J connectivity index is 1.71. The van der Waals surface area contributed by atoms with Gasteiger partial charge < -0.3 is 5.32 Å². The number of benzene rings is 2. The van der Waals surface area contributed by atoms with Gasteiger partial charge in [-0.3, -0.25) is 15.0 Å². The van der Waals surface area contributed by atoms with Crippen LogP contribution in [0.15, 0.2) is 66.1 Å². The fourth-order valence-corrected chi connectivity index (χ4v) is 4.61. The summed E-state index contributed by atoms with van der Waals surface area (Å²) in [6.45, 7) is 1.22. The smallest absolute Gasteiger partial charge is 0.321 e. The van der Waals surface area contributed by atoms with Crippen molar-refractivity contribution >= 4 is 28.0 Å². The Kier molecular flexibility index (Phi) is 7.56. The lowest BCUT2D eigenvalue weighted by molar-refractivity contribution is -0.126. The lowest BCUT2D eigenvalue weighted by Crippen LogP contribution is -2.53. The van der Waals surface area contributed by atoms with Crippen LogP contribution in [-0.4, -0.2) is 62.8 Å². The largest absolute Gasteiger partial charge is 0.341 e. The highest BCUT2D eigenvalue weighted by Crippen LogP contribution is 2.23. The Morgan fingerprint density at radius 2 is 1.52 bits per heavy atom. The van der Waals surface area contributed by atoms with E-state index in [1.54, 1.807) is 6.08 Å². The molecule has 3 amide bonds. The normalized spacial score (nSPS) is 16.7. The summed E-state index contributed by atoms with van der Waals surface area (Å²) in [5.41, 5.74) is 1.55. The van der Waals surface area contributed by atoms with Crippen LogP contribution in [0, 0.1) is 0 Å². The van der Waals surface area contributed by atoms with Crippen LogP contribution in [-0.2, 0) is 14.8 Å². The van der Waals surface area contributed by atoms with E-state index in [1.165, 1.54) is 16.8 Å². The van der Waals surface area contributed by atoms with Crippen LogP contribution in [0.25, 0.3) is 6.08 Å². The number of hydrogen-bond acceptors (Lipinski definition) is 5. The average molecular weight is 443 g/mol. The molecule has 1 fully saturated rings. The monoisotopic (exact) mass is 442 g/mol. The fourth-order valence-electron chi connectivity index (χ4n) is 3.44. The highest BCUT2D eigenvalue weighted by molar-refractivity contribution is 7.92. The maximum Gasteiger partial charge on any atom is 0.321 e. The average Bonchev–Trinajstić information content (AvgIpc) is 2.79. The molecule has 1 saturated heterocycles. The van der Waals surface area contributed by atoms with E-state index in [1.807, 2.05) is 65.6 Å².